The number of carbonyl (C=O) groups excluding carboxylic acids is 2. The van der Waals surface area contributed by atoms with Crippen LogP contribution in [0.25, 0.3) is 0 Å². The van der Waals surface area contributed by atoms with E-state index in [1.54, 1.807) is 6.92 Å². The third-order valence-corrected chi connectivity index (χ3v) is 4.41. The van der Waals surface area contributed by atoms with Gasteiger partial charge in [0.25, 0.3) is 0 Å². The second-order valence-corrected chi connectivity index (χ2v) is 4.94. The van der Waals surface area contributed by atoms with Crippen LogP contribution in [0, 0.1) is 23.7 Å². The lowest BCUT2D eigenvalue weighted by atomic mass is 9.82. The lowest BCUT2D eigenvalue weighted by Crippen LogP contribution is -2.29. The van der Waals surface area contributed by atoms with E-state index in [1.807, 2.05) is 4.90 Å². The normalized spacial score (nSPS) is 44.6. The molecular weight excluding hydrogens is 178 g/mol. The highest BCUT2D eigenvalue weighted by atomic mass is 16.2. The number of rotatable bonds is 0. The average Bonchev–Trinajstić information content (AvgIpc) is 2.75. The number of ketones is 1. The van der Waals surface area contributed by atoms with E-state index in [-0.39, 0.29) is 5.91 Å². The maximum absolute atomic E-state index is 11.8. The number of nitrogens with zero attached hydrogens (tertiary/aromatic N) is 1. The molecule has 3 heteroatoms. The monoisotopic (exact) mass is 193 g/mol. The summed E-state index contributed by atoms with van der Waals surface area (Å²) in [5.41, 5.74) is 0. The summed E-state index contributed by atoms with van der Waals surface area (Å²) in [5, 5.41) is 0. The predicted octanol–water partition coefficient (Wildman–Crippen LogP) is 0.690. The summed E-state index contributed by atoms with van der Waals surface area (Å²) >= 11 is 0. The van der Waals surface area contributed by atoms with Gasteiger partial charge in [-0.3, -0.25) is 9.59 Å². The molecule has 2 bridgehead atoms. The molecule has 1 saturated heterocycles. The molecule has 1 heterocycles. The van der Waals surface area contributed by atoms with Gasteiger partial charge in [0.1, 0.15) is 5.78 Å². The molecule has 0 spiro atoms. The van der Waals surface area contributed by atoms with Crippen molar-refractivity contribution >= 4 is 11.7 Å². The molecule has 1 amide bonds. The molecule has 3 aliphatic rings. The van der Waals surface area contributed by atoms with E-state index in [0.29, 0.717) is 29.5 Å². The molecule has 2 aliphatic carbocycles. The zero-order valence-corrected chi connectivity index (χ0v) is 8.40. The Morgan fingerprint density at radius 2 is 1.71 bits per heavy atom. The lowest BCUT2D eigenvalue weighted by Gasteiger charge is -2.20. The minimum Gasteiger partial charge on any atom is -0.342 e. The molecule has 1 aliphatic heterocycles. The topological polar surface area (TPSA) is 37.4 Å². The molecule has 0 aromatic heterocycles. The first-order valence-electron chi connectivity index (χ1n) is 5.47. The van der Waals surface area contributed by atoms with Gasteiger partial charge in [-0.05, 0) is 24.7 Å². The van der Waals surface area contributed by atoms with Crippen LogP contribution in [0.4, 0.5) is 0 Å². The molecule has 3 rings (SSSR count). The quantitative estimate of drug-likeness (QED) is 0.567. The minimum atomic E-state index is 0.172. The van der Waals surface area contributed by atoms with Crippen LogP contribution in [0.2, 0.25) is 0 Å². The van der Waals surface area contributed by atoms with Crippen LogP contribution >= 0.6 is 0 Å². The van der Waals surface area contributed by atoms with E-state index in [0.717, 1.165) is 25.9 Å². The first kappa shape index (κ1) is 8.45. The van der Waals surface area contributed by atoms with Crippen LogP contribution in [0.15, 0.2) is 0 Å². The summed E-state index contributed by atoms with van der Waals surface area (Å²) in [7, 11) is 0. The number of amides is 1. The van der Waals surface area contributed by atoms with Gasteiger partial charge in [0.05, 0.1) is 0 Å². The highest BCUT2D eigenvalue weighted by molar-refractivity contribution is 5.89. The van der Waals surface area contributed by atoms with Crippen molar-refractivity contribution in [2.24, 2.45) is 23.7 Å². The van der Waals surface area contributed by atoms with Crippen molar-refractivity contribution in [2.75, 3.05) is 13.1 Å². The van der Waals surface area contributed by atoms with Gasteiger partial charge < -0.3 is 4.90 Å². The second-order valence-electron chi connectivity index (χ2n) is 4.94. The molecule has 14 heavy (non-hydrogen) atoms. The zero-order valence-electron chi connectivity index (χ0n) is 8.40. The number of Topliss-reactive ketones (excluding diaryl/α,β-unsaturated/α-hetero) is 1. The summed E-state index contributed by atoms with van der Waals surface area (Å²) in [4.78, 5) is 24.9. The molecule has 4 atom stereocenters. The van der Waals surface area contributed by atoms with E-state index >= 15 is 0 Å². The Balaban J connectivity index is 1.85. The SMILES string of the molecule is CC(=O)N1C[C@@H]2[C@H](C1)[C@H]1CC[C@@H]2C1=O. The Morgan fingerprint density at radius 1 is 1.21 bits per heavy atom. The molecule has 0 radical (unpaired) electrons. The lowest BCUT2D eigenvalue weighted by molar-refractivity contribution is -0.129. The molecule has 76 valence electrons. The Morgan fingerprint density at radius 3 is 2.14 bits per heavy atom. The predicted molar refractivity (Wildman–Crippen MR) is 50.5 cm³/mol. The number of fused-ring (bicyclic) bond motifs is 5. The van der Waals surface area contributed by atoms with Gasteiger partial charge in [-0.1, -0.05) is 0 Å². The summed E-state index contributed by atoms with van der Waals surface area (Å²) in [6.45, 7) is 3.31. The van der Waals surface area contributed by atoms with Crippen LogP contribution in [0.5, 0.6) is 0 Å². The molecule has 3 fully saturated rings. The van der Waals surface area contributed by atoms with Gasteiger partial charge in [-0.15, -0.1) is 0 Å². The molecule has 2 saturated carbocycles. The number of likely N-dealkylation sites (tertiary alicyclic amines) is 1. The van der Waals surface area contributed by atoms with Crippen LogP contribution in [0.3, 0.4) is 0 Å². The fraction of sp³-hybridized carbons (Fsp3) is 0.818. The molecule has 0 aromatic carbocycles. The van der Waals surface area contributed by atoms with Crippen molar-refractivity contribution in [3.8, 4) is 0 Å². The van der Waals surface area contributed by atoms with Crippen molar-refractivity contribution in [2.45, 2.75) is 19.8 Å². The van der Waals surface area contributed by atoms with Crippen molar-refractivity contribution < 1.29 is 9.59 Å². The third-order valence-electron chi connectivity index (χ3n) is 4.41. The Labute approximate surface area is 83.5 Å². The van der Waals surface area contributed by atoms with Crippen molar-refractivity contribution in [1.29, 1.82) is 0 Å². The van der Waals surface area contributed by atoms with Crippen LogP contribution in [-0.4, -0.2) is 29.7 Å². The molecule has 3 nitrogen and oxygen atoms in total. The highest BCUT2D eigenvalue weighted by Gasteiger charge is 2.57. The zero-order chi connectivity index (χ0) is 9.87. The van der Waals surface area contributed by atoms with E-state index < -0.39 is 0 Å². The molecule has 0 N–H and O–H groups in total. The summed E-state index contributed by atoms with van der Waals surface area (Å²) < 4.78 is 0. The maximum Gasteiger partial charge on any atom is 0.219 e. The van der Waals surface area contributed by atoms with Crippen LogP contribution in [0.1, 0.15) is 19.8 Å². The van der Waals surface area contributed by atoms with Gasteiger partial charge in [0.15, 0.2) is 0 Å². The summed E-state index contributed by atoms with van der Waals surface area (Å²) in [6, 6.07) is 0. The van der Waals surface area contributed by atoms with Crippen molar-refractivity contribution in [3.05, 3.63) is 0 Å². The molecule has 0 unspecified atom stereocenters. The largest absolute Gasteiger partial charge is 0.342 e. The highest BCUT2D eigenvalue weighted by Crippen LogP contribution is 2.52. The van der Waals surface area contributed by atoms with Crippen molar-refractivity contribution in [3.63, 3.8) is 0 Å². The van der Waals surface area contributed by atoms with E-state index in [9.17, 15) is 9.59 Å². The Kier molecular flexibility index (Phi) is 1.56. The van der Waals surface area contributed by atoms with E-state index in [2.05, 4.69) is 0 Å². The van der Waals surface area contributed by atoms with E-state index in [4.69, 9.17) is 0 Å². The fourth-order valence-corrected chi connectivity index (χ4v) is 3.73. The fourth-order valence-electron chi connectivity index (χ4n) is 3.73. The first-order valence-corrected chi connectivity index (χ1v) is 5.47. The second kappa shape index (κ2) is 2.59. The Bertz CT molecular complexity index is 290. The molecular formula is C11H15NO2. The van der Waals surface area contributed by atoms with Gasteiger partial charge >= 0.3 is 0 Å². The number of carbonyl (C=O) groups is 2. The third kappa shape index (κ3) is 0.877. The average molecular weight is 193 g/mol. The summed E-state index contributed by atoms with van der Waals surface area (Å²) in [6.07, 6.45) is 2.16. The maximum atomic E-state index is 11.8. The smallest absolute Gasteiger partial charge is 0.219 e. The number of hydrogen-bond donors (Lipinski definition) is 0. The standard InChI is InChI=1S/C11H15NO2/c1-6(13)12-4-9-7-2-3-8(11(7)14)10(9)5-12/h7-10H,2-5H2,1H3/t7-,8+,9-,10+. The van der Waals surface area contributed by atoms with Gasteiger partial charge in [0, 0.05) is 31.8 Å². The minimum absolute atomic E-state index is 0.172. The van der Waals surface area contributed by atoms with Crippen LogP contribution in [-0.2, 0) is 9.59 Å². The van der Waals surface area contributed by atoms with Gasteiger partial charge in [0.2, 0.25) is 5.91 Å². The van der Waals surface area contributed by atoms with Gasteiger partial charge in [-0.25, -0.2) is 0 Å². The van der Waals surface area contributed by atoms with Crippen molar-refractivity contribution in [1.82, 2.24) is 4.90 Å². The Hall–Kier alpha value is -0.860. The van der Waals surface area contributed by atoms with Gasteiger partial charge in [-0.2, -0.15) is 0 Å². The van der Waals surface area contributed by atoms with Crippen LogP contribution < -0.4 is 0 Å². The molecule has 0 aromatic rings. The number of hydrogen-bond acceptors (Lipinski definition) is 2. The van der Waals surface area contributed by atoms with E-state index in [1.165, 1.54) is 0 Å². The first-order chi connectivity index (χ1) is 6.68. The summed E-state index contributed by atoms with van der Waals surface area (Å²) in [5.74, 6) is 2.29.